The van der Waals surface area contributed by atoms with Gasteiger partial charge in [-0.3, -0.25) is 19.7 Å². The fourth-order valence-corrected chi connectivity index (χ4v) is 1.93. The lowest BCUT2D eigenvalue weighted by Crippen LogP contribution is -2.42. The van der Waals surface area contributed by atoms with Crippen molar-refractivity contribution in [3.05, 3.63) is 22.5 Å². The van der Waals surface area contributed by atoms with Crippen molar-refractivity contribution in [2.45, 2.75) is 45.6 Å². The minimum Gasteiger partial charge on any atom is -0.392 e. The summed E-state index contributed by atoms with van der Waals surface area (Å²) in [5.74, 6) is 0. The Balaban J connectivity index is 2.55. The summed E-state index contributed by atoms with van der Waals surface area (Å²) in [5.41, 5.74) is -0.0955. The van der Waals surface area contributed by atoms with Crippen molar-refractivity contribution in [2.24, 2.45) is 0 Å². The maximum Gasteiger partial charge on any atom is 0.306 e. The minimum atomic E-state index is -0.712. The third-order valence-corrected chi connectivity index (χ3v) is 2.90. The predicted octanol–water partition coefficient (Wildman–Crippen LogP) is 0.243. The van der Waals surface area contributed by atoms with E-state index in [1.54, 1.807) is 6.92 Å². The first-order valence-corrected chi connectivity index (χ1v) is 6.56. The van der Waals surface area contributed by atoms with Gasteiger partial charge in [0.2, 0.25) is 0 Å². The molecule has 0 amide bonds. The van der Waals surface area contributed by atoms with Crippen LogP contribution in [-0.4, -0.2) is 61.2 Å². The number of aliphatic hydroxyl groups excluding tert-OH is 2. The van der Waals surface area contributed by atoms with Crippen LogP contribution in [0.25, 0.3) is 0 Å². The molecule has 0 saturated carbocycles. The minimum absolute atomic E-state index is 0.0955. The van der Waals surface area contributed by atoms with Crippen LogP contribution >= 0.6 is 0 Å². The number of aromatic nitrogens is 2. The second-order valence-corrected chi connectivity index (χ2v) is 5.23. The van der Waals surface area contributed by atoms with Crippen molar-refractivity contribution < 1.29 is 15.1 Å². The van der Waals surface area contributed by atoms with Crippen molar-refractivity contribution in [1.82, 2.24) is 14.7 Å². The van der Waals surface area contributed by atoms with Crippen LogP contribution in [0, 0.1) is 10.1 Å². The Bertz CT molecular complexity index is 433. The Morgan fingerprint density at radius 3 is 2.50 bits per heavy atom. The number of hydrogen-bond donors (Lipinski definition) is 2. The molecule has 0 saturated heterocycles. The molecule has 0 aliphatic rings. The van der Waals surface area contributed by atoms with E-state index in [1.165, 1.54) is 10.9 Å². The summed E-state index contributed by atoms with van der Waals surface area (Å²) in [6, 6.07) is 0.186. The van der Waals surface area contributed by atoms with E-state index in [0.29, 0.717) is 13.1 Å². The largest absolute Gasteiger partial charge is 0.392 e. The fraction of sp³-hybridized carbons (Fsp3) is 0.750. The Morgan fingerprint density at radius 1 is 1.40 bits per heavy atom. The summed E-state index contributed by atoms with van der Waals surface area (Å²) in [5, 5.41) is 33.8. The van der Waals surface area contributed by atoms with Gasteiger partial charge in [0.1, 0.15) is 12.4 Å². The molecule has 1 aromatic rings. The molecule has 1 aromatic heterocycles. The van der Waals surface area contributed by atoms with Gasteiger partial charge in [-0.15, -0.1) is 0 Å². The van der Waals surface area contributed by atoms with Crippen LogP contribution in [0.4, 0.5) is 5.69 Å². The molecule has 0 fully saturated rings. The molecule has 8 nitrogen and oxygen atoms in total. The summed E-state index contributed by atoms with van der Waals surface area (Å²) >= 11 is 0. The Hall–Kier alpha value is -1.51. The highest BCUT2D eigenvalue weighted by Gasteiger charge is 2.18. The van der Waals surface area contributed by atoms with E-state index in [-0.39, 0.29) is 18.3 Å². The highest BCUT2D eigenvalue weighted by Crippen LogP contribution is 2.09. The lowest BCUT2D eigenvalue weighted by atomic mass is 10.2. The van der Waals surface area contributed by atoms with Gasteiger partial charge in [0.05, 0.1) is 23.7 Å². The highest BCUT2D eigenvalue weighted by atomic mass is 16.6. The summed E-state index contributed by atoms with van der Waals surface area (Å²) in [4.78, 5) is 12.0. The van der Waals surface area contributed by atoms with Gasteiger partial charge in [-0.05, 0) is 20.8 Å². The molecular formula is C12H22N4O4. The Kier molecular flexibility index (Phi) is 6.05. The number of nitro groups is 1. The predicted molar refractivity (Wildman–Crippen MR) is 73.3 cm³/mol. The van der Waals surface area contributed by atoms with Crippen LogP contribution in [0.15, 0.2) is 12.4 Å². The molecule has 0 aliphatic carbocycles. The summed E-state index contributed by atoms with van der Waals surface area (Å²) in [6.07, 6.45) is 1.26. The molecule has 8 heteroatoms. The van der Waals surface area contributed by atoms with E-state index in [9.17, 15) is 20.3 Å². The quantitative estimate of drug-likeness (QED) is 0.524. The Morgan fingerprint density at radius 2 is 2.05 bits per heavy atom. The highest BCUT2D eigenvalue weighted by molar-refractivity contribution is 5.20. The van der Waals surface area contributed by atoms with Crippen LogP contribution in [0.5, 0.6) is 0 Å². The van der Waals surface area contributed by atoms with E-state index >= 15 is 0 Å². The summed E-state index contributed by atoms with van der Waals surface area (Å²) in [7, 11) is 0. The van der Waals surface area contributed by atoms with Gasteiger partial charge in [-0.1, -0.05) is 0 Å². The van der Waals surface area contributed by atoms with Crippen molar-refractivity contribution in [2.75, 3.05) is 13.1 Å². The van der Waals surface area contributed by atoms with Crippen molar-refractivity contribution >= 4 is 5.69 Å². The molecule has 0 aliphatic heterocycles. The molecule has 0 aromatic carbocycles. The smallest absolute Gasteiger partial charge is 0.306 e. The monoisotopic (exact) mass is 286 g/mol. The number of hydrogen-bond acceptors (Lipinski definition) is 6. The van der Waals surface area contributed by atoms with E-state index in [1.807, 2.05) is 18.7 Å². The topological polar surface area (TPSA) is 105 Å². The van der Waals surface area contributed by atoms with Gasteiger partial charge in [0.25, 0.3) is 0 Å². The lowest BCUT2D eigenvalue weighted by Gasteiger charge is -2.29. The molecule has 2 unspecified atom stereocenters. The van der Waals surface area contributed by atoms with Gasteiger partial charge in [-0.25, -0.2) is 0 Å². The standard InChI is InChI=1S/C12H22N4O4/c1-9(2)14(5-10(3)17)7-12(18)8-15-6-11(4-13-15)16(19)20/h4,6,9-10,12,17-18H,5,7-8H2,1-3H3. The lowest BCUT2D eigenvalue weighted by molar-refractivity contribution is -0.385. The van der Waals surface area contributed by atoms with E-state index in [4.69, 9.17) is 0 Å². The first-order valence-electron chi connectivity index (χ1n) is 6.56. The second kappa shape index (κ2) is 7.32. The number of aliphatic hydroxyl groups is 2. The summed E-state index contributed by atoms with van der Waals surface area (Å²) in [6.45, 7) is 6.67. The maximum atomic E-state index is 10.5. The van der Waals surface area contributed by atoms with Crippen LogP contribution in [0.1, 0.15) is 20.8 Å². The zero-order valence-electron chi connectivity index (χ0n) is 12.0. The second-order valence-electron chi connectivity index (χ2n) is 5.23. The third-order valence-electron chi connectivity index (χ3n) is 2.90. The van der Waals surface area contributed by atoms with Gasteiger partial charge in [0.15, 0.2) is 0 Å². The zero-order chi connectivity index (χ0) is 15.3. The van der Waals surface area contributed by atoms with Gasteiger partial charge < -0.3 is 10.2 Å². The number of nitrogens with zero attached hydrogens (tertiary/aromatic N) is 4. The first-order chi connectivity index (χ1) is 9.29. The molecule has 20 heavy (non-hydrogen) atoms. The normalized spacial score (nSPS) is 14.8. The molecule has 1 rings (SSSR count). The molecule has 0 bridgehead atoms. The van der Waals surface area contributed by atoms with Crippen LogP contribution < -0.4 is 0 Å². The van der Waals surface area contributed by atoms with Crippen LogP contribution in [0.2, 0.25) is 0 Å². The molecular weight excluding hydrogens is 264 g/mol. The van der Waals surface area contributed by atoms with Crippen molar-refractivity contribution in [1.29, 1.82) is 0 Å². The van der Waals surface area contributed by atoms with Crippen LogP contribution in [0.3, 0.4) is 0 Å². The molecule has 114 valence electrons. The SMILES string of the molecule is CC(O)CN(CC(O)Cn1cc([N+](=O)[O-])cn1)C(C)C. The van der Waals surface area contributed by atoms with Gasteiger partial charge >= 0.3 is 5.69 Å². The number of rotatable bonds is 8. The molecule has 2 atom stereocenters. The molecule has 0 spiro atoms. The van der Waals surface area contributed by atoms with Crippen molar-refractivity contribution in [3.63, 3.8) is 0 Å². The van der Waals surface area contributed by atoms with Crippen LogP contribution in [-0.2, 0) is 6.54 Å². The van der Waals surface area contributed by atoms with Gasteiger partial charge in [0, 0.05) is 19.1 Å². The summed E-state index contributed by atoms with van der Waals surface area (Å²) < 4.78 is 1.35. The zero-order valence-corrected chi connectivity index (χ0v) is 12.0. The van der Waals surface area contributed by atoms with E-state index in [2.05, 4.69) is 5.10 Å². The maximum absolute atomic E-state index is 10.5. The van der Waals surface area contributed by atoms with E-state index in [0.717, 1.165) is 6.20 Å². The molecule has 1 heterocycles. The van der Waals surface area contributed by atoms with Gasteiger partial charge in [-0.2, -0.15) is 5.10 Å². The van der Waals surface area contributed by atoms with Crippen molar-refractivity contribution in [3.8, 4) is 0 Å². The molecule has 0 radical (unpaired) electrons. The van der Waals surface area contributed by atoms with E-state index < -0.39 is 17.1 Å². The average Bonchev–Trinajstić information content (AvgIpc) is 2.75. The Labute approximate surface area is 117 Å². The average molecular weight is 286 g/mol. The third kappa shape index (κ3) is 5.24. The first kappa shape index (κ1) is 16.5. The fourth-order valence-electron chi connectivity index (χ4n) is 1.93. The molecule has 2 N–H and O–H groups in total.